The lowest BCUT2D eigenvalue weighted by Gasteiger charge is -2.00. The third kappa shape index (κ3) is 1.74. The van der Waals surface area contributed by atoms with Crippen LogP contribution < -0.4 is 0 Å². The molecule has 0 amide bonds. The third-order valence-corrected chi connectivity index (χ3v) is 3.89. The van der Waals surface area contributed by atoms with Crippen molar-refractivity contribution in [3.8, 4) is 11.5 Å². The van der Waals surface area contributed by atoms with Gasteiger partial charge in [0.25, 0.3) is 5.89 Å². The quantitative estimate of drug-likeness (QED) is 0.717. The first-order chi connectivity index (χ1) is 9.83. The van der Waals surface area contributed by atoms with Gasteiger partial charge in [0.05, 0.1) is 6.61 Å². The van der Waals surface area contributed by atoms with Gasteiger partial charge in [0, 0.05) is 42.2 Å². The van der Waals surface area contributed by atoms with Gasteiger partial charge in [-0.3, -0.25) is 0 Å². The number of hydrogen-bond acceptors (Lipinski definition) is 4. The normalized spacial score (nSPS) is 18.9. The minimum absolute atomic E-state index is 0.266. The molecule has 4 rings (SSSR count). The lowest BCUT2D eigenvalue weighted by molar-refractivity contribution is 0.192. The van der Waals surface area contributed by atoms with Crippen molar-refractivity contribution in [1.82, 2.24) is 14.7 Å². The van der Waals surface area contributed by atoms with E-state index < -0.39 is 0 Å². The number of ether oxygens (including phenoxy) is 1. The molecule has 20 heavy (non-hydrogen) atoms. The standard InChI is InChI=1S/C15H15N3O2/c1-18-7-5-11-12(3-2-4-13(11)18)15-16-14(17-20-15)10-6-8-19-9-10/h2-5,7,10H,6,8-9H2,1H3/t10-/m1/s1. The van der Waals surface area contributed by atoms with Crippen LogP contribution in [0.5, 0.6) is 0 Å². The molecule has 0 N–H and O–H groups in total. The van der Waals surface area contributed by atoms with E-state index in [2.05, 4.69) is 26.8 Å². The zero-order valence-electron chi connectivity index (χ0n) is 11.2. The first-order valence-electron chi connectivity index (χ1n) is 6.79. The van der Waals surface area contributed by atoms with Gasteiger partial charge in [0.1, 0.15) is 0 Å². The second-order valence-electron chi connectivity index (χ2n) is 5.18. The van der Waals surface area contributed by atoms with Gasteiger partial charge in [-0.05, 0) is 24.6 Å². The number of aromatic nitrogens is 3. The van der Waals surface area contributed by atoms with Crippen molar-refractivity contribution >= 4 is 10.9 Å². The highest BCUT2D eigenvalue weighted by molar-refractivity contribution is 5.93. The van der Waals surface area contributed by atoms with Crippen LogP contribution >= 0.6 is 0 Å². The van der Waals surface area contributed by atoms with E-state index in [-0.39, 0.29) is 5.92 Å². The van der Waals surface area contributed by atoms with E-state index in [0.29, 0.717) is 12.5 Å². The maximum Gasteiger partial charge on any atom is 0.258 e. The van der Waals surface area contributed by atoms with Crippen LogP contribution in [0.25, 0.3) is 22.4 Å². The predicted octanol–water partition coefficient (Wildman–Crippen LogP) is 2.73. The molecule has 0 saturated carbocycles. The van der Waals surface area contributed by atoms with Crippen LogP contribution in [-0.4, -0.2) is 27.9 Å². The molecule has 3 heterocycles. The Kier molecular flexibility index (Phi) is 2.60. The molecule has 0 radical (unpaired) electrons. The zero-order valence-corrected chi connectivity index (χ0v) is 11.2. The molecule has 0 spiro atoms. The topological polar surface area (TPSA) is 53.1 Å². The molecular weight excluding hydrogens is 254 g/mol. The van der Waals surface area contributed by atoms with Gasteiger partial charge in [0.2, 0.25) is 0 Å². The molecule has 1 saturated heterocycles. The molecule has 1 atom stereocenters. The van der Waals surface area contributed by atoms with Gasteiger partial charge in [-0.1, -0.05) is 11.2 Å². The van der Waals surface area contributed by atoms with Gasteiger partial charge in [-0.15, -0.1) is 0 Å². The zero-order chi connectivity index (χ0) is 13.5. The lowest BCUT2D eigenvalue weighted by atomic mass is 10.1. The van der Waals surface area contributed by atoms with Crippen molar-refractivity contribution < 1.29 is 9.26 Å². The maximum absolute atomic E-state index is 5.45. The largest absolute Gasteiger partial charge is 0.381 e. The molecule has 102 valence electrons. The average molecular weight is 269 g/mol. The Morgan fingerprint density at radius 2 is 2.25 bits per heavy atom. The number of aryl methyl sites for hydroxylation is 1. The molecule has 5 heteroatoms. The van der Waals surface area contributed by atoms with E-state index in [1.165, 1.54) is 0 Å². The van der Waals surface area contributed by atoms with Crippen LogP contribution in [-0.2, 0) is 11.8 Å². The predicted molar refractivity (Wildman–Crippen MR) is 74.4 cm³/mol. The van der Waals surface area contributed by atoms with Crippen molar-refractivity contribution in [1.29, 1.82) is 0 Å². The van der Waals surface area contributed by atoms with Gasteiger partial charge in [0.15, 0.2) is 5.82 Å². The van der Waals surface area contributed by atoms with Gasteiger partial charge in [-0.25, -0.2) is 0 Å². The number of fused-ring (bicyclic) bond motifs is 1. The Labute approximate surface area is 116 Å². The van der Waals surface area contributed by atoms with E-state index in [1.54, 1.807) is 0 Å². The van der Waals surface area contributed by atoms with E-state index in [4.69, 9.17) is 9.26 Å². The molecule has 0 unspecified atom stereocenters. The van der Waals surface area contributed by atoms with Crippen LogP contribution in [0, 0.1) is 0 Å². The number of rotatable bonds is 2. The van der Waals surface area contributed by atoms with Crippen LogP contribution in [0.15, 0.2) is 35.0 Å². The summed E-state index contributed by atoms with van der Waals surface area (Å²) in [4.78, 5) is 4.55. The van der Waals surface area contributed by atoms with Crippen molar-refractivity contribution in [3.63, 3.8) is 0 Å². The van der Waals surface area contributed by atoms with Gasteiger partial charge >= 0.3 is 0 Å². The van der Waals surface area contributed by atoms with Crippen LogP contribution in [0.2, 0.25) is 0 Å². The molecule has 2 aromatic heterocycles. The first-order valence-corrected chi connectivity index (χ1v) is 6.79. The minimum Gasteiger partial charge on any atom is -0.381 e. The second-order valence-corrected chi connectivity index (χ2v) is 5.18. The Bertz CT molecular complexity index is 753. The second kappa shape index (κ2) is 4.45. The van der Waals surface area contributed by atoms with Gasteiger partial charge < -0.3 is 13.8 Å². The first kappa shape index (κ1) is 11.7. The fourth-order valence-electron chi connectivity index (χ4n) is 2.74. The van der Waals surface area contributed by atoms with E-state index >= 15 is 0 Å². The molecule has 1 fully saturated rings. The highest BCUT2D eigenvalue weighted by atomic mass is 16.5. The smallest absolute Gasteiger partial charge is 0.258 e. The van der Waals surface area contributed by atoms with Crippen LogP contribution in [0.3, 0.4) is 0 Å². The average Bonchev–Trinajstić information content (AvgIpc) is 3.18. The molecule has 3 aromatic rings. The summed E-state index contributed by atoms with van der Waals surface area (Å²) >= 11 is 0. The molecule has 0 bridgehead atoms. The molecule has 5 nitrogen and oxygen atoms in total. The number of benzene rings is 1. The Morgan fingerprint density at radius 3 is 3.10 bits per heavy atom. The minimum atomic E-state index is 0.266. The summed E-state index contributed by atoms with van der Waals surface area (Å²) < 4.78 is 12.9. The van der Waals surface area contributed by atoms with Crippen molar-refractivity contribution in [2.45, 2.75) is 12.3 Å². The number of hydrogen-bond donors (Lipinski definition) is 0. The van der Waals surface area contributed by atoms with E-state index in [0.717, 1.165) is 35.3 Å². The SMILES string of the molecule is Cn1ccc2c(-c3nc([C@@H]4CCOC4)no3)cccc21. The molecule has 1 aliphatic rings. The lowest BCUT2D eigenvalue weighted by Crippen LogP contribution is -1.99. The van der Waals surface area contributed by atoms with Crippen LogP contribution in [0.4, 0.5) is 0 Å². The monoisotopic (exact) mass is 269 g/mol. The summed E-state index contributed by atoms with van der Waals surface area (Å²) in [5.41, 5.74) is 2.15. The molecule has 1 aromatic carbocycles. The Morgan fingerprint density at radius 1 is 1.30 bits per heavy atom. The fourth-order valence-corrected chi connectivity index (χ4v) is 2.74. The summed E-state index contributed by atoms with van der Waals surface area (Å²) in [5.74, 6) is 1.61. The Hall–Kier alpha value is -2.14. The highest BCUT2D eigenvalue weighted by Gasteiger charge is 2.24. The Balaban J connectivity index is 1.79. The van der Waals surface area contributed by atoms with Gasteiger partial charge in [-0.2, -0.15) is 4.98 Å². The fraction of sp³-hybridized carbons (Fsp3) is 0.333. The summed E-state index contributed by atoms with van der Waals surface area (Å²) in [6, 6.07) is 8.19. The maximum atomic E-state index is 5.45. The van der Waals surface area contributed by atoms with Crippen molar-refractivity contribution in [2.75, 3.05) is 13.2 Å². The van der Waals surface area contributed by atoms with Crippen LogP contribution in [0.1, 0.15) is 18.2 Å². The molecule has 1 aliphatic heterocycles. The molecular formula is C15H15N3O2. The van der Waals surface area contributed by atoms with E-state index in [1.807, 2.05) is 25.4 Å². The number of nitrogens with zero attached hydrogens (tertiary/aromatic N) is 3. The van der Waals surface area contributed by atoms with Crippen molar-refractivity contribution in [3.05, 3.63) is 36.3 Å². The summed E-state index contributed by atoms with van der Waals surface area (Å²) in [6.45, 7) is 1.47. The summed E-state index contributed by atoms with van der Waals surface area (Å²) in [7, 11) is 2.03. The van der Waals surface area contributed by atoms with E-state index in [9.17, 15) is 0 Å². The highest BCUT2D eigenvalue weighted by Crippen LogP contribution is 2.30. The summed E-state index contributed by atoms with van der Waals surface area (Å²) in [6.07, 6.45) is 3.00. The third-order valence-electron chi connectivity index (χ3n) is 3.89. The molecule has 0 aliphatic carbocycles. The summed E-state index contributed by atoms with van der Waals surface area (Å²) in [5, 5.41) is 5.25. The van der Waals surface area contributed by atoms with Crippen molar-refractivity contribution in [2.24, 2.45) is 7.05 Å².